The Balaban J connectivity index is 2.80. The number of carbonyl (C=O) groups is 2. The van der Waals surface area contributed by atoms with Crippen LogP contribution in [0.4, 0.5) is 10.5 Å². The summed E-state index contributed by atoms with van der Waals surface area (Å²) in [4.78, 5) is 23.2. The van der Waals surface area contributed by atoms with E-state index < -0.39 is 17.5 Å². The third-order valence-electron chi connectivity index (χ3n) is 3.15. The number of hydrogen-bond donors (Lipinski definition) is 3. The van der Waals surface area contributed by atoms with Gasteiger partial charge in [-0.05, 0) is 31.0 Å². The number of aliphatic carboxylic acids is 1. The van der Waals surface area contributed by atoms with E-state index in [9.17, 15) is 14.7 Å². The number of hydrogen-bond acceptors (Lipinski definition) is 2. The van der Waals surface area contributed by atoms with Crippen molar-refractivity contribution in [3.63, 3.8) is 0 Å². The Morgan fingerprint density at radius 3 is 2.25 bits per heavy atom. The van der Waals surface area contributed by atoms with Crippen LogP contribution >= 0.6 is 23.2 Å². The number of benzene rings is 1. The fourth-order valence-electron chi connectivity index (χ4n) is 1.74. The monoisotopic (exact) mass is 318 g/mol. The fraction of sp³-hybridized carbons (Fsp3) is 0.385. The van der Waals surface area contributed by atoms with Crippen LogP contribution in [0.15, 0.2) is 18.2 Å². The molecule has 0 fully saturated rings. The first-order valence-corrected chi connectivity index (χ1v) is 6.88. The van der Waals surface area contributed by atoms with Gasteiger partial charge in [0.1, 0.15) is 5.54 Å². The quantitative estimate of drug-likeness (QED) is 0.773. The Morgan fingerprint density at radius 2 is 1.80 bits per heavy atom. The molecular formula is C13H16Cl2N2O3. The number of carboxylic acids is 1. The topological polar surface area (TPSA) is 78.4 Å². The highest BCUT2D eigenvalue weighted by Gasteiger charge is 2.36. The molecule has 0 saturated carbocycles. The second-order valence-corrected chi connectivity index (χ2v) is 5.12. The highest BCUT2D eigenvalue weighted by molar-refractivity contribution is 6.42. The maximum Gasteiger partial charge on any atom is 0.329 e. The van der Waals surface area contributed by atoms with Crippen molar-refractivity contribution in [1.29, 1.82) is 0 Å². The Kier molecular flexibility index (Phi) is 5.65. The van der Waals surface area contributed by atoms with Crippen LogP contribution in [0.1, 0.15) is 26.7 Å². The molecule has 0 unspecified atom stereocenters. The predicted molar refractivity (Wildman–Crippen MR) is 79.6 cm³/mol. The average Bonchev–Trinajstić information content (AvgIpc) is 2.40. The number of urea groups is 1. The van der Waals surface area contributed by atoms with Gasteiger partial charge in [0, 0.05) is 5.69 Å². The van der Waals surface area contributed by atoms with Crippen molar-refractivity contribution in [2.75, 3.05) is 5.32 Å². The molecule has 110 valence electrons. The summed E-state index contributed by atoms with van der Waals surface area (Å²) in [5.41, 5.74) is -0.844. The Bertz CT molecular complexity index is 516. The summed E-state index contributed by atoms with van der Waals surface area (Å²) in [6.07, 6.45) is 0.571. The zero-order valence-electron chi connectivity index (χ0n) is 11.2. The molecule has 5 nitrogen and oxygen atoms in total. The van der Waals surface area contributed by atoms with Crippen LogP contribution in [-0.2, 0) is 4.79 Å². The van der Waals surface area contributed by atoms with E-state index in [4.69, 9.17) is 23.2 Å². The molecule has 0 spiro atoms. The first-order valence-electron chi connectivity index (χ1n) is 6.12. The maximum absolute atomic E-state index is 11.9. The molecule has 7 heteroatoms. The van der Waals surface area contributed by atoms with Crippen molar-refractivity contribution in [3.05, 3.63) is 28.2 Å². The molecule has 0 aliphatic heterocycles. The van der Waals surface area contributed by atoms with Crippen molar-refractivity contribution in [2.24, 2.45) is 0 Å². The van der Waals surface area contributed by atoms with Gasteiger partial charge in [-0.3, -0.25) is 0 Å². The average molecular weight is 319 g/mol. The molecule has 0 heterocycles. The largest absolute Gasteiger partial charge is 0.480 e. The van der Waals surface area contributed by atoms with Crippen LogP contribution in [0.3, 0.4) is 0 Å². The molecule has 0 aromatic heterocycles. The molecule has 0 radical (unpaired) electrons. The van der Waals surface area contributed by atoms with E-state index in [1.165, 1.54) is 6.07 Å². The lowest BCUT2D eigenvalue weighted by molar-refractivity contribution is -0.144. The number of halogens is 2. The molecule has 3 N–H and O–H groups in total. The first kappa shape index (κ1) is 16.6. The van der Waals surface area contributed by atoms with Gasteiger partial charge in [0.2, 0.25) is 0 Å². The number of rotatable bonds is 5. The van der Waals surface area contributed by atoms with Crippen molar-refractivity contribution in [1.82, 2.24) is 5.32 Å². The van der Waals surface area contributed by atoms with Gasteiger partial charge >= 0.3 is 12.0 Å². The minimum Gasteiger partial charge on any atom is -0.480 e. The van der Waals surface area contributed by atoms with Gasteiger partial charge in [-0.25, -0.2) is 9.59 Å². The first-order chi connectivity index (χ1) is 9.34. The van der Waals surface area contributed by atoms with Gasteiger partial charge in [0.05, 0.1) is 10.0 Å². The highest BCUT2D eigenvalue weighted by atomic mass is 35.5. The van der Waals surface area contributed by atoms with Crippen molar-refractivity contribution < 1.29 is 14.7 Å². The van der Waals surface area contributed by atoms with Crippen LogP contribution in [0, 0.1) is 0 Å². The van der Waals surface area contributed by atoms with Crippen LogP contribution in [0.2, 0.25) is 10.0 Å². The van der Waals surface area contributed by atoms with Crippen molar-refractivity contribution >= 4 is 40.9 Å². The molecule has 1 aromatic rings. The molecule has 20 heavy (non-hydrogen) atoms. The van der Waals surface area contributed by atoms with E-state index >= 15 is 0 Å². The Morgan fingerprint density at radius 1 is 1.20 bits per heavy atom. The lowest BCUT2D eigenvalue weighted by Crippen LogP contribution is -2.54. The van der Waals surface area contributed by atoms with E-state index in [0.29, 0.717) is 15.7 Å². The molecular weight excluding hydrogens is 303 g/mol. The highest BCUT2D eigenvalue weighted by Crippen LogP contribution is 2.25. The van der Waals surface area contributed by atoms with Crippen molar-refractivity contribution in [3.8, 4) is 0 Å². The third-order valence-corrected chi connectivity index (χ3v) is 3.89. The summed E-state index contributed by atoms with van der Waals surface area (Å²) in [7, 11) is 0. The SMILES string of the molecule is CCC(CC)(NC(=O)Nc1ccc(Cl)c(Cl)c1)C(=O)O. The van der Waals surface area contributed by atoms with Crippen LogP contribution in [0.25, 0.3) is 0 Å². The summed E-state index contributed by atoms with van der Waals surface area (Å²) >= 11 is 11.6. The summed E-state index contributed by atoms with van der Waals surface area (Å²) in [5.74, 6) is -1.06. The van der Waals surface area contributed by atoms with E-state index in [1.807, 2.05) is 0 Å². The predicted octanol–water partition coefficient (Wildman–Crippen LogP) is 3.76. The van der Waals surface area contributed by atoms with E-state index in [0.717, 1.165) is 0 Å². The fourth-order valence-corrected chi connectivity index (χ4v) is 2.03. The Labute approximate surface area is 127 Å². The minimum atomic E-state index is -1.28. The molecule has 0 bridgehead atoms. The standard InChI is InChI=1S/C13H16Cl2N2O3/c1-3-13(4-2,11(18)19)17-12(20)16-8-5-6-9(14)10(15)7-8/h5-7H,3-4H2,1-2H3,(H,18,19)(H2,16,17,20). The number of carboxylic acid groups (broad SMARTS) is 1. The zero-order valence-corrected chi connectivity index (χ0v) is 12.7. The molecule has 0 aliphatic rings. The second-order valence-electron chi connectivity index (χ2n) is 4.30. The summed E-state index contributed by atoms with van der Waals surface area (Å²) in [5, 5.41) is 14.9. The molecule has 2 amide bonds. The van der Waals surface area contributed by atoms with E-state index in [1.54, 1.807) is 26.0 Å². The summed E-state index contributed by atoms with van der Waals surface area (Å²) < 4.78 is 0. The molecule has 0 saturated heterocycles. The Hall–Kier alpha value is -1.46. The summed E-state index contributed by atoms with van der Waals surface area (Å²) in [6.45, 7) is 3.41. The normalized spacial score (nSPS) is 11.0. The smallest absolute Gasteiger partial charge is 0.329 e. The van der Waals surface area contributed by atoms with Crippen LogP contribution in [-0.4, -0.2) is 22.6 Å². The van der Waals surface area contributed by atoms with Gasteiger partial charge in [-0.1, -0.05) is 37.0 Å². The van der Waals surface area contributed by atoms with Gasteiger partial charge in [-0.15, -0.1) is 0 Å². The summed E-state index contributed by atoms with van der Waals surface area (Å²) in [6, 6.07) is 4.01. The number of nitrogens with one attached hydrogen (secondary N) is 2. The third kappa shape index (κ3) is 3.77. The maximum atomic E-state index is 11.9. The number of carbonyl (C=O) groups excluding carboxylic acids is 1. The van der Waals surface area contributed by atoms with Gasteiger partial charge in [0.15, 0.2) is 0 Å². The molecule has 1 rings (SSSR count). The molecule has 0 atom stereocenters. The minimum absolute atomic E-state index is 0.285. The van der Waals surface area contributed by atoms with Crippen LogP contribution in [0.5, 0.6) is 0 Å². The number of amides is 2. The van der Waals surface area contributed by atoms with E-state index in [2.05, 4.69) is 10.6 Å². The van der Waals surface area contributed by atoms with Crippen molar-refractivity contribution in [2.45, 2.75) is 32.2 Å². The van der Waals surface area contributed by atoms with E-state index in [-0.39, 0.29) is 12.8 Å². The number of anilines is 1. The van der Waals surface area contributed by atoms with Gasteiger partial charge in [-0.2, -0.15) is 0 Å². The molecule has 0 aliphatic carbocycles. The zero-order chi connectivity index (χ0) is 15.3. The molecule has 1 aromatic carbocycles. The second kappa shape index (κ2) is 6.81. The van der Waals surface area contributed by atoms with Gasteiger partial charge in [0.25, 0.3) is 0 Å². The van der Waals surface area contributed by atoms with Gasteiger partial charge < -0.3 is 15.7 Å². The lowest BCUT2D eigenvalue weighted by atomic mass is 9.93. The lowest BCUT2D eigenvalue weighted by Gasteiger charge is -2.28. The van der Waals surface area contributed by atoms with Crippen LogP contribution < -0.4 is 10.6 Å².